The van der Waals surface area contributed by atoms with Gasteiger partial charge in [-0.1, -0.05) is 30.0 Å². The summed E-state index contributed by atoms with van der Waals surface area (Å²) in [5.74, 6) is 0.343. The number of fused-ring (bicyclic) bond motifs is 2. The number of carboxylic acid groups (broad SMARTS) is 1. The Kier molecular flexibility index (Phi) is 7.51. The van der Waals surface area contributed by atoms with Crippen LogP contribution in [0.15, 0.2) is 67.5 Å². The van der Waals surface area contributed by atoms with Gasteiger partial charge in [0.2, 0.25) is 0 Å². The van der Waals surface area contributed by atoms with Crippen LogP contribution in [-0.2, 0) is 16.0 Å². The van der Waals surface area contributed by atoms with E-state index in [1.807, 2.05) is 35.2 Å². The zero-order valence-electron chi connectivity index (χ0n) is 18.2. The first-order chi connectivity index (χ1) is 15.6. The number of hydrogen-bond donors (Lipinski definition) is 0. The third kappa shape index (κ3) is 5.31. The summed E-state index contributed by atoms with van der Waals surface area (Å²) in [5.41, 5.74) is 2.94. The minimum Gasteiger partial charge on any atom is -0.546 e. The van der Waals surface area contributed by atoms with E-state index in [2.05, 4.69) is 0 Å². The summed E-state index contributed by atoms with van der Waals surface area (Å²) in [6.45, 7) is 2.10. The summed E-state index contributed by atoms with van der Waals surface area (Å²) in [4.78, 5) is 27.2. The first-order valence-corrected chi connectivity index (χ1v) is 11.1. The van der Waals surface area contributed by atoms with Gasteiger partial charge in [-0.25, -0.2) is 0 Å². The van der Waals surface area contributed by atoms with Gasteiger partial charge < -0.3 is 28.7 Å². The van der Waals surface area contributed by atoms with E-state index >= 15 is 0 Å². The van der Waals surface area contributed by atoms with E-state index in [4.69, 9.17) is 13.9 Å². The van der Waals surface area contributed by atoms with Crippen molar-refractivity contribution in [2.45, 2.75) is 16.2 Å². The van der Waals surface area contributed by atoms with Gasteiger partial charge in [-0.15, -0.1) is 0 Å². The number of carbonyl (C=O) groups excluding carboxylic acids is 1. The van der Waals surface area contributed by atoms with Crippen molar-refractivity contribution in [2.75, 3.05) is 37.8 Å². The molecular weight excluding hydrogens is 453 g/mol. The fraction of sp³-hybridized carbons (Fsp3) is 0.250. The van der Waals surface area contributed by atoms with Gasteiger partial charge >= 0.3 is 29.6 Å². The molecule has 0 aliphatic carbocycles. The normalized spacial score (nSPS) is 14.6. The SMILES string of the molecule is O=C([O-])COc1ccc2c(c1)Cc1cccc(-c3cc(=O)cc(N4CCOCC4)o3)c1S2.[Na+]. The van der Waals surface area contributed by atoms with Gasteiger partial charge in [0.1, 0.15) is 18.1 Å². The second kappa shape index (κ2) is 10.4. The van der Waals surface area contributed by atoms with E-state index in [0.29, 0.717) is 50.1 Å². The van der Waals surface area contributed by atoms with Crippen LogP contribution < -0.4 is 49.7 Å². The molecule has 0 bridgehead atoms. The Labute approximate surface area is 217 Å². The van der Waals surface area contributed by atoms with E-state index in [9.17, 15) is 14.7 Å². The molecular formula is C24H20NNaO6S. The third-order valence-electron chi connectivity index (χ3n) is 5.42. The maximum atomic E-state index is 12.5. The van der Waals surface area contributed by atoms with Gasteiger partial charge in [-0.2, -0.15) is 0 Å². The molecule has 7 nitrogen and oxygen atoms in total. The largest absolute Gasteiger partial charge is 1.00 e. The average Bonchev–Trinajstić information content (AvgIpc) is 2.81. The zero-order chi connectivity index (χ0) is 22.1. The van der Waals surface area contributed by atoms with Gasteiger partial charge in [0.05, 0.1) is 19.2 Å². The number of carbonyl (C=O) groups is 1. The zero-order valence-corrected chi connectivity index (χ0v) is 21.0. The number of ether oxygens (including phenoxy) is 2. The molecule has 0 atom stereocenters. The van der Waals surface area contributed by atoms with Crippen LogP contribution in [0.4, 0.5) is 5.88 Å². The molecule has 3 heterocycles. The van der Waals surface area contributed by atoms with E-state index in [1.54, 1.807) is 17.8 Å². The predicted octanol–water partition coefficient (Wildman–Crippen LogP) is -0.668. The van der Waals surface area contributed by atoms with Crippen molar-refractivity contribution in [2.24, 2.45) is 0 Å². The van der Waals surface area contributed by atoms with Gasteiger partial charge in [0.15, 0.2) is 11.3 Å². The monoisotopic (exact) mass is 473 g/mol. The Morgan fingerprint density at radius 1 is 1.09 bits per heavy atom. The van der Waals surface area contributed by atoms with Crippen LogP contribution in [0.1, 0.15) is 11.1 Å². The number of nitrogens with zero attached hydrogens (tertiary/aromatic N) is 1. The van der Waals surface area contributed by atoms with Gasteiger partial charge in [0, 0.05) is 40.6 Å². The van der Waals surface area contributed by atoms with Crippen molar-refractivity contribution in [1.29, 1.82) is 0 Å². The van der Waals surface area contributed by atoms with Gasteiger partial charge in [0.25, 0.3) is 0 Å². The second-order valence-corrected chi connectivity index (χ2v) is 8.65. The van der Waals surface area contributed by atoms with Crippen LogP contribution in [0.25, 0.3) is 11.3 Å². The van der Waals surface area contributed by atoms with Crippen LogP contribution >= 0.6 is 11.8 Å². The van der Waals surface area contributed by atoms with Crippen molar-refractivity contribution in [3.8, 4) is 17.1 Å². The molecule has 1 aromatic heterocycles. The van der Waals surface area contributed by atoms with Crippen LogP contribution in [-0.4, -0.2) is 38.9 Å². The summed E-state index contributed by atoms with van der Waals surface area (Å²) in [6.07, 6.45) is 0.668. The van der Waals surface area contributed by atoms with E-state index < -0.39 is 12.6 Å². The van der Waals surface area contributed by atoms with E-state index in [0.717, 1.165) is 26.5 Å². The first-order valence-electron chi connectivity index (χ1n) is 10.3. The molecule has 0 unspecified atom stereocenters. The number of benzene rings is 2. The van der Waals surface area contributed by atoms with Crippen LogP contribution in [0.5, 0.6) is 5.75 Å². The summed E-state index contributed by atoms with van der Waals surface area (Å²) in [6, 6.07) is 14.6. The molecule has 2 aliphatic heterocycles. The Morgan fingerprint density at radius 2 is 1.91 bits per heavy atom. The molecule has 164 valence electrons. The van der Waals surface area contributed by atoms with Crippen molar-refractivity contribution < 1.29 is 53.3 Å². The number of carboxylic acids is 1. The minimum absolute atomic E-state index is 0. The standard InChI is InChI=1S/C24H21NO6S.Na/c26-17-12-20(31-22(13-17)25-6-8-29-9-7-25)19-3-1-2-15-10-16-11-18(30-14-23(27)28)4-5-21(16)32-24(15)19;/h1-5,11-13H,6-10,14H2,(H,27,28);/q;+1/p-1. The van der Waals surface area contributed by atoms with Crippen LogP contribution in [0.3, 0.4) is 0 Å². The quantitative estimate of drug-likeness (QED) is 0.353. The first kappa shape index (κ1) is 23.9. The molecule has 33 heavy (non-hydrogen) atoms. The summed E-state index contributed by atoms with van der Waals surface area (Å²) < 4.78 is 16.9. The fourth-order valence-corrected chi connectivity index (χ4v) is 5.08. The number of hydrogen-bond acceptors (Lipinski definition) is 8. The third-order valence-corrected chi connectivity index (χ3v) is 6.72. The smallest absolute Gasteiger partial charge is 0.546 e. The molecule has 2 aromatic carbocycles. The maximum absolute atomic E-state index is 12.5. The Morgan fingerprint density at radius 3 is 2.70 bits per heavy atom. The molecule has 0 spiro atoms. The molecule has 0 amide bonds. The second-order valence-electron chi connectivity index (χ2n) is 7.60. The molecule has 5 rings (SSSR count). The van der Waals surface area contributed by atoms with E-state index in [-0.39, 0.29) is 35.0 Å². The topological polar surface area (TPSA) is 92.0 Å². The Bertz CT molecular complexity index is 1240. The maximum Gasteiger partial charge on any atom is 1.00 e. The van der Waals surface area contributed by atoms with Crippen LogP contribution in [0, 0.1) is 0 Å². The number of aliphatic carboxylic acids is 1. The molecule has 1 fully saturated rings. The molecule has 0 radical (unpaired) electrons. The fourth-order valence-electron chi connectivity index (χ4n) is 3.92. The van der Waals surface area contributed by atoms with Gasteiger partial charge in [-0.3, -0.25) is 4.79 Å². The predicted molar refractivity (Wildman–Crippen MR) is 117 cm³/mol. The summed E-state index contributed by atoms with van der Waals surface area (Å²) in [7, 11) is 0. The molecule has 0 saturated carbocycles. The van der Waals surface area contributed by atoms with E-state index in [1.165, 1.54) is 12.1 Å². The Balaban J connectivity index is 0.00000259. The van der Waals surface area contributed by atoms with Crippen molar-refractivity contribution in [3.05, 3.63) is 69.9 Å². The van der Waals surface area contributed by atoms with Gasteiger partial charge in [-0.05, 0) is 35.7 Å². The molecule has 1 saturated heterocycles. The molecule has 0 N–H and O–H groups in total. The number of morpholine rings is 1. The van der Waals surface area contributed by atoms with Crippen molar-refractivity contribution in [1.82, 2.24) is 0 Å². The Hall–Kier alpha value is -2.23. The molecule has 3 aromatic rings. The van der Waals surface area contributed by atoms with Crippen molar-refractivity contribution >= 4 is 23.6 Å². The summed E-state index contributed by atoms with van der Waals surface area (Å²) >= 11 is 1.60. The van der Waals surface area contributed by atoms with Crippen molar-refractivity contribution in [3.63, 3.8) is 0 Å². The van der Waals surface area contributed by atoms with Crippen LogP contribution in [0.2, 0.25) is 0 Å². The molecule has 9 heteroatoms. The average molecular weight is 473 g/mol. The molecule has 2 aliphatic rings. The number of rotatable bonds is 5. The minimum atomic E-state index is -1.26. The number of anilines is 1. The summed E-state index contributed by atoms with van der Waals surface area (Å²) in [5, 5.41) is 10.7.